The lowest BCUT2D eigenvalue weighted by molar-refractivity contribution is 0.0701. The third-order valence-corrected chi connectivity index (χ3v) is 6.09. The maximum Gasteiger partial charge on any atom is 0.262 e. The van der Waals surface area contributed by atoms with Gasteiger partial charge in [0.05, 0.1) is 4.90 Å². The number of rotatable bonds is 3. The van der Waals surface area contributed by atoms with Crippen molar-refractivity contribution in [3.05, 3.63) is 28.2 Å². The molecule has 0 saturated carbocycles. The van der Waals surface area contributed by atoms with Crippen LogP contribution in [0.4, 0.5) is 0 Å². The minimum atomic E-state index is -3.89. The number of carbonyl (C=O) groups is 1. The Bertz CT molecular complexity index is 660. The molecular weight excluding hydrogens is 378 g/mol. The van der Waals surface area contributed by atoms with Gasteiger partial charge in [0.1, 0.15) is 0 Å². The van der Waals surface area contributed by atoms with E-state index in [1.165, 1.54) is 6.07 Å². The van der Waals surface area contributed by atoms with Crippen LogP contribution in [0.1, 0.15) is 37.0 Å². The highest BCUT2D eigenvalue weighted by molar-refractivity contribution is 9.10. The molecule has 1 fully saturated rings. The van der Waals surface area contributed by atoms with E-state index in [4.69, 9.17) is 10.7 Å². The van der Waals surface area contributed by atoms with Gasteiger partial charge in [0.25, 0.3) is 15.0 Å². The van der Waals surface area contributed by atoms with Crippen molar-refractivity contribution < 1.29 is 13.2 Å². The van der Waals surface area contributed by atoms with E-state index in [1.807, 2.05) is 4.90 Å². The summed E-state index contributed by atoms with van der Waals surface area (Å²) in [5, 5.41) is 0. The van der Waals surface area contributed by atoms with Crippen LogP contribution in [0.3, 0.4) is 0 Å². The maximum atomic E-state index is 12.6. The van der Waals surface area contributed by atoms with Crippen molar-refractivity contribution in [3.63, 3.8) is 0 Å². The van der Waals surface area contributed by atoms with Crippen LogP contribution in [0.5, 0.6) is 0 Å². The number of benzene rings is 1. The van der Waals surface area contributed by atoms with Crippen LogP contribution >= 0.6 is 26.6 Å². The van der Waals surface area contributed by atoms with Crippen LogP contribution in [-0.4, -0.2) is 31.8 Å². The molecular formula is C14H17BrClNO3S. The van der Waals surface area contributed by atoms with Gasteiger partial charge in [-0.05, 0) is 52.9 Å². The molecule has 0 spiro atoms. The summed E-state index contributed by atoms with van der Waals surface area (Å²) < 4.78 is 23.4. The predicted molar refractivity (Wildman–Crippen MR) is 86.1 cm³/mol. The number of nitrogens with zero attached hydrogens (tertiary/aromatic N) is 1. The van der Waals surface area contributed by atoms with Crippen molar-refractivity contribution in [2.24, 2.45) is 5.92 Å². The molecule has 4 nitrogen and oxygen atoms in total. The van der Waals surface area contributed by atoms with Gasteiger partial charge < -0.3 is 4.90 Å². The van der Waals surface area contributed by atoms with Crippen LogP contribution in [0, 0.1) is 5.92 Å². The molecule has 0 N–H and O–H groups in total. The standard InChI is InChI=1S/C14H17BrClNO3S/c1-9(2)12-4-3-7-17(12)14(18)10-5-6-11(15)13(8-10)21(16,19)20/h5-6,8-9,12H,3-4,7H2,1-2H3. The van der Waals surface area contributed by atoms with Gasteiger partial charge in [-0.2, -0.15) is 0 Å². The van der Waals surface area contributed by atoms with E-state index in [2.05, 4.69) is 29.8 Å². The largest absolute Gasteiger partial charge is 0.335 e. The molecule has 0 bridgehead atoms. The topological polar surface area (TPSA) is 54.5 Å². The van der Waals surface area contributed by atoms with Gasteiger partial charge >= 0.3 is 0 Å². The van der Waals surface area contributed by atoms with Crippen molar-refractivity contribution >= 4 is 41.6 Å². The second-order valence-corrected chi connectivity index (χ2v) is 8.92. The molecule has 1 saturated heterocycles. The highest BCUT2D eigenvalue weighted by Gasteiger charge is 2.31. The zero-order chi connectivity index (χ0) is 15.8. The van der Waals surface area contributed by atoms with E-state index in [1.54, 1.807) is 12.1 Å². The number of hydrogen-bond acceptors (Lipinski definition) is 3. The summed E-state index contributed by atoms with van der Waals surface area (Å²) in [6.45, 7) is 4.89. The molecule has 7 heteroatoms. The van der Waals surface area contributed by atoms with Crippen LogP contribution < -0.4 is 0 Å². The van der Waals surface area contributed by atoms with Crippen molar-refractivity contribution in [3.8, 4) is 0 Å². The smallest absolute Gasteiger partial charge is 0.262 e. The zero-order valence-electron chi connectivity index (χ0n) is 11.8. The summed E-state index contributed by atoms with van der Waals surface area (Å²) in [5.74, 6) is 0.239. The van der Waals surface area contributed by atoms with Gasteiger partial charge in [0, 0.05) is 33.3 Å². The molecule has 1 aromatic rings. The van der Waals surface area contributed by atoms with Crippen LogP contribution in [0.25, 0.3) is 0 Å². The molecule has 2 rings (SSSR count). The van der Waals surface area contributed by atoms with Crippen molar-refractivity contribution in [1.29, 1.82) is 0 Å². The third-order valence-electron chi connectivity index (χ3n) is 3.77. The Labute approximate surface area is 138 Å². The Morgan fingerprint density at radius 2 is 2.10 bits per heavy atom. The number of likely N-dealkylation sites (tertiary alicyclic amines) is 1. The van der Waals surface area contributed by atoms with Crippen LogP contribution in [0.15, 0.2) is 27.6 Å². The van der Waals surface area contributed by atoms with Crippen molar-refractivity contribution in [1.82, 2.24) is 4.90 Å². The summed E-state index contributed by atoms with van der Waals surface area (Å²) >= 11 is 3.15. The fourth-order valence-corrected chi connectivity index (χ4v) is 4.84. The summed E-state index contributed by atoms with van der Waals surface area (Å²) in [6, 6.07) is 4.71. The lowest BCUT2D eigenvalue weighted by atomic mass is 10.0. The third kappa shape index (κ3) is 3.60. The van der Waals surface area contributed by atoms with Crippen LogP contribution in [0.2, 0.25) is 0 Å². The molecule has 1 atom stereocenters. The first-order valence-electron chi connectivity index (χ1n) is 6.77. The highest BCUT2D eigenvalue weighted by atomic mass is 79.9. The number of hydrogen-bond donors (Lipinski definition) is 0. The van der Waals surface area contributed by atoms with E-state index in [-0.39, 0.29) is 16.8 Å². The zero-order valence-corrected chi connectivity index (χ0v) is 15.0. The number of halogens is 2. The quantitative estimate of drug-likeness (QED) is 0.736. The molecule has 1 aromatic carbocycles. The fourth-order valence-electron chi connectivity index (χ4n) is 2.73. The average Bonchev–Trinajstić information content (AvgIpc) is 2.86. The van der Waals surface area contributed by atoms with Gasteiger partial charge in [-0.1, -0.05) is 13.8 Å². The van der Waals surface area contributed by atoms with Gasteiger partial charge in [-0.3, -0.25) is 4.79 Å². The Morgan fingerprint density at radius 3 is 2.67 bits per heavy atom. The molecule has 21 heavy (non-hydrogen) atoms. The molecule has 1 heterocycles. The fraction of sp³-hybridized carbons (Fsp3) is 0.500. The average molecular weight is 395 g/mol. The van der Waals surface area contributed by atoms with E-state index >= 15 is 0 Å². The first-order chi connectivity index (χ1) is 9.71. The molecule has 1 aliphatic heterocycles. The second kappa shape index (κ2) is 6.26. The Balaban J connectivity index is 2.36. The van der Waals surface area contributed by atoms with Crippen molar-refractivity contribution in [2.75, 3.05) is 6.54 Å². The molecule has 0 radical (unpaired) electrons. The van der Waals surface area contributed by atoms with E-state index in [9.17, 15) is 13.2 Å². The summed E-state index contributed by atoms with van der Waals surface area (Å²) in [4.78, 5) is 14.4. The minimum absolute atomic E-state index is 0.0738. The maximum absolute atomic E-state index is 12.6. The molecule has 116 valence electrons. The summed E-state index contributed by atoms with van der Waals surface area (Å²) in [7, 11) is 1.51. The van der Waals surface area contributed by atoms with Crippen LogP contribution in [-0.2, 0) is 9.05 Å². The minimum Gasteiger partial charge on any atom is -0.335 e. The van der Waals surface area contributed by atoms with Crippen molar-refractivity contribution in [2.45, 2.75) is 37.6 Å². The monoisotopic (exact) mass is 393 g/mol. The predicted octanol–water partition coefficient (Wildman–Crippen LogP) is 3.64. The van der Waals surface area contributed by atoms with Gasteiger partial charge in [0.15, 0.2) is 0 Å². The second-order valence-electron chi connectivity index (χ2n) is 5.54. The number of carbonyl (C=O) groups excluding carboxylic acids is 1. The Kier molecular flexibility index (Phi) is 5.00. The normalized spacial score (nSPS) is 19.3. The lowest BCUT2D eigenvalue weighted by Gasteiger charge is -2.28. The Morgan fingerprint density at radius 1 is 1.43 bits per heavy atom. The molecule has 0 aliphatic carbocycles. The first-order valence-corrected chi connectivity index (χ1v) is 9.87. The lowest BCUT2D eigenvalue weighted by Crippen LogP contribution is -2.38. The van der Waals surface area contributed by atoms with Gasteiger partial charge in [-0.15, -0.1) is 0 Å². The molecule has 1 unspecified atom stereocenters. The summed E-state index contributed by atoms with van der Waals surface area (Å²) in [5.41, 5.74) is 0.352. The van der Waals surface area contributed by atoms with E-state index in [0.29, 0.717) is 22.5 Å². The van der Waals surface area contributed by atoms with Gasteiger partial charge in [-0.25, -0.2) is 8.42 Å². The summed E-state index contributed by atoms with van der Waals surface area (Å²) in [6.07, 6.45) is 1.96. The molecule has 1 amide bonds. The SMILES string of the molecule is CC(C)C1CCCN1C(=O)c1ccc(Br)c(S(=O)(=O)Cl)c1. The molecule has 1 aliphatic rings. The first kappa shape index (κ1) is 16.8. The van der Waals surface area contributed by atoms with E-state index in [0.717, 1.165) is 12.8 Å². The number of amides is 1. The highest BCUT2D eigenvalue weighted by Crippen LogP contribution is 2.29. The molecule has 0 aromatic heterocycles. The Hall–Kier alpha value is -0.590. The van der Waals surface area contributed by atoms with Gasteiger partial charge in [0.2, 0.25) is 0 Å². The van der Waals surface area contributed by atoms with E-state index < -0.39 is 9.05 Å².